The van der Waals surface area contributed by atoms with Crippen LogP contribution in [0.25, 0.3) is 0 Å². The van der Waals surface area contributed by atoms with Gasteiger partial charge in [-0.05, 0) is 164 Å². The van der Waals surface area contributed by atoms with Gasteiger partial charge in [0.25, 0.3) is 0 Å². The van der Waals surface area contributed by atoms with Crippen molar-refractivity contribution < 1.29 is 0 Å². The maximum atomic E-state index is 4.57. The van der Waals surface area contributed by atoms with Crippen LogP contribution in [-0.2, 0) is 0 Å². The molecule has 9 rings (SSSR count). The van der Waals surface area contributed by atoms with E-state index in [1.54, 1.807) is 64.2 Å². The highest BCUT2D eigenvalue weighted by atomic mass is 32.2. The third kappa shape index (κ3) is 2.59. The fraction of sp³-hybridized carbons (Fsp3) is 1.00. The summed E-state index contributed by atoms with van der Waals surface area (Å²) in [5, 5.41) is 3.18. The topological polar surface area (TPSA) is 0 Å². The Kier molecular flexibility index (Phi) is 4.79. The first-order valence-corrected chi connectivity index (χ1v) is 18.4. The Bertz CT molecular complexity index is 891. The van der Waals surface area contributed by atoms with Crippen LogP contribution in [0.1, 0.15) is 77.0 Å². The smallest absolute Gasteiger partial charge is 0.0115 e. The van der Waals surface area contributed by atoms with Crippen molar-refractivity contribution in [1.29, 1.82) is 0 Å². The molecule has 0 amide bonds. The van der Waals surface area contributed by atoms with Crippen LogP contribution in [0, 0.1) is 69.5 Å². The monoisotopic (exact) mass is 532 g/mol. The standard InChI is InChI=1S/C30H44S4/c31-4-1-16-7-19-14-29(19)22(16)11-26(29)34-27-12-23-17(8-20-15-30(20,23)27)3-6-33-25-10-21-13-28(21)18(2-5-32)9-24(25)28/h16-27,31-32H,1-15H2. The van der Waals surface area contributed by atoms with Crippen molar-refractivity contribution in [2.75, 3.05) is 17.3 Å². The molecule has 34 heavy (non-hydrogen) atoms. The summed E-state index contributed by atoms with van der Waals surface area (Å²) in [5.74, 6) is 13.7. The lowest BCUT2D eigenvalue weighted by Crippen LogP contribution is -2.49. The number of thioether (sulfide) groups is 2. The number of hydrogen-bond donors (Lipinski definition) is 2. The zero-order chi connectivity index (χ0) is 22.4. The Morgan fingerprint density at radius 2 is 1.24 bits per heavy atom. The second-order valence-electron chi connectivity index (χ2n) is 14.8. The Morgan fingerprint density at radius 1 is 0.618 bits per heavy atom. The van der Waals surface area contributed by atoms with Crippen molar-refractivity contribution in [3.8, 4) is 0 Å². The molecule has 0 heterocycles. The largest absolute Gasteiger partial charge is 0.179 e. The van der Waals surface area contributed by atoms with Gasteiger partial charge in [0, 0.05) is 15.7 Å². The SMILES string of the molecule is SCCC1CC2CC23C(SC2CC4C(CCSC5CC6CC67C(CCS)CC57)CC5CC524)CC13. The highest BCUT2D eigenvalue weighted by Gasteiger charge is 2.79. The summed E-state index contributed by atoms with van der Waals surface area (Å²) in [6.45, 7) is 0. The molecule has 0 radical (unpaired) electrons. The third-order valence-electron chi connectivity index (χ3n) is 14.5. The van der Waals surface area contributed by atoms with Crippen molar-refractivity contribution in [1.82, 2.24) is 0 Å². The van der Waals surface area contributed by atoms with Crippen molar-refractivity contribution in [2.24, 2.45) is 69.5 Å². The fourth-order valence-corrected chi connectivity index (χ4v) is 17.6. The molecule has 188 valence electrons. The summed E-state index contributed by atoms with van der Waals surface area (Å²) < 4.78 is 0. The average Bonchev–Trinajstić information content (AvgIpc) is 3.70. The van der Waals surface area contributed by atoms with E-state index >= 15 is 0 Å². The van der Waals surface area contributed by atoms with Gasteiger partial charge in [0.05, 0.1) is 0 Å². The van der Waals surface area contributed by atoms with E-state index in [4.69, 9.17) is 0 Å². The molecule has 3 spiro atoms. The minimum absolute atomic E-state index is 0.852. The van der Waals surface area contributed by atoms with E-state index in [1.165, 1.54) is 18.6 Å². The molecule has 15 atom stereocenters. The van der Waals surface area contributed by atoms with Gasteiger partial charge in [0.15, 0.2) is 0 Å². The normalized spacial score (nSPS) is 64.4. The van der Waals surface area contributed by atoms with Gasteiger partial charge in [-0.2, -0.15) is 48.8 Å². The van der Waals surface area contributed by atoms with Gasteiger partial charge in [0.2, 0.25) is 0 Å². The molecule has 0 saturated heterocycles. The molecule has 4 heteroatoms. The minimum Gasteiger partial charge on any atom is -0.179 e. The van der Waals surface area contributed by atoms with Crippen LogP contribution >= 0.6 is 48.8 Å². The number of rotatable bonds is 10. The van der Waals surface area contributed by atoms with E-state index in [2.05, 4.69) is 48.8 Å². The molecule has 0 nitrogen and oxygen atoms in total. The third-order valence-corrected chi connectivity index (χ3v) is 18.4. The Balaban J connectivity index is 0.773. The van der Waals surface area contributed by atoms with Crippen molar-refractivity contribution in [3.63, 3.8) is 0 Å². The molecule has 0 aromatic rings. The average molecular weight is 533 g/mol. The van der Waals surface area contributed by atoms with E-state index in [9.17, 15) is 0 Å². The van der Waals surface area contributed by atoms with Gasteiger partial charge in [-0.3, -0.25) is 0 Å². The van der Waals surface area contributed by atoms with Crippen LogP contribution in [0.15, 0.2) is 0 Å². The molecule has 9 aliphatic rings. The van der Waals surface area contributed by atoms with Crippen LogP contribution in [0.2, 0.25) is 0 Å². The molecule has 0 aromatic heterocycles. The van der Waals surface area contributed by atoms with Crippen molar-refractivity contribution in [3.05, 3.63) is 0 Å². The lowest BCUT2D eigenvalue weighted by molar-refractivity contribution is 0.0576. The van der Waals surface area contributed by atoms with Gasteiger partial charge in [-0.25, -0.2) is 0 Å². The van der Waals surface area contributed by atoms with Crippen molar-refractivity contribution in [2.45, 2.75) is 92.8 Å². The van der Waals surface area contributed by atoms with Crippen molar-refractivity contribution >= 4 is 48.8 Å². The summed E-state index contributed by atoms with van der Waals surface area (Å²) in [6.07, 6.45) is 18.8. The molecule has 9 saturated carbocycles. The van der Waals surface area contributed by atoms with Crippen LogP contribution in [-0.4, -0.2) is 33.0 Å². The second kappa shape index (κ2) is 7.32. The van der Waals surface area contributed by atoms with Crippen LogP contribution in [0.5, 0.6) is 0 Å². The quantitative estimate of drug-likeness (QED) is 0.276. The van der Waals surface area contributed by atoms with Crippen LogP contribution in [0.4, 0.5) is 0 Å². The molecule has 0 aliphatic heterocycles. The van der Waals surface area contributed by atoms with Gasteiger partial charge in [0.1, 0.15) is 0 Å². The Morgan fingerprint density at radius 3 is 1.91 bits per heavy atom. The van der Waals surface area contributed by atoms with E-state index in [1.807, 2.05) is 0 Å². The predicted octanol–water partition coefficient (Wildman–Crippen LogP) is 7.73. The van der Waals surface area contributed by atoms with E-state index < -0.39 is 0 Å². The minimum atomic E-state index is 0.852. The molecule has 0 aromatic carbocycles. The van der Waals surface area contributed by atoms with Gasteiger partial charge < -0.3 is 0 Å². The highest BCUT2D eigenvalue weighted by Crippen LogP contribution is 2.85. The Hall–Kier alpha value is 1.40. The zero-order valence-corrected chi connectivity index (χ0v) is 24.2. The summed E-state index contributed by atoms with van der Waals surface area (Å²) >= 11 is 14.1. The molecule has 0 N–H and O–H groups in total. The first-order chi connectivity index (χ1) is 16.6. The molecule has 9 fully saturated rings. The predicted molar refractivity (Wildman–Crippen MR) is 153 cm³/mol. The van der Waals surface area contributed by atoms with E-state index in [-0.39, 0.29) is 0 Å². The second-order valence-corrected chi connectivity index (χ2v) is 18.5. The van der Waals surface area contributed by atoms with E-state index in [0.29, 0.717) is 0 Å². The molecule has 15 unspecified atom stereocenters. The van der Waals surface area contributed by atoms with Gasteiger partial charge in [-0.15, -0.1) is 0 Å². The lowest BCUT2D eigenvalue weighted by atomic mass is 9.61. The van der Waals surface area contributed by atoms with Crippen LogP contribution < -0.4 is 0 Å². The van der Waals surface area contributed by atoms with Gasteiger partial charge in [-0.1, -0.05) is 0 Å². The molecular formula is C30H44S4. The maximum absolute atomic E-state index is 4.57. The molecular weight excluding hydrogens is 489 g/mol. The number of thiol groups is 2. The summed E-state index contributed by atoms with van der Waals surface area (Å²) in [5.41, 5.74) is 2.57. The zero-order valence-electron chi connectivity index (χ0n) is 20.7. The summed E-state index contributed by atoms with van der Waals surface area (Å²) in [6, 6.07) is 0. The highest BCUT2D eigenvalue weighted by molar-refractivity contribution is 8.00. The lowest BCUT2D eigenvalue weighted by Gasteiger charge is -2.53. The number of hydrogen-bond acceptors (Lipinski definition) is 4. The summed E-state index contributed by atoms with van der Waals surface area (Å²) in [7, 11) is 0. The first kappa shape index (κ1) is 22.2. The Labute approximate surface area is 227 Å². The molecule has 0 bridgehead atoms. The van der Waals surface area contributed by atoms with Crippen LogP contribution in [0.3, 0.4) is 0 Å². The first-order valence-electron chi connectivity index (χ1n) is 15.1. The summed E-state index contributed by atoms with van der Waals surface area (Å²) in [4.78, 5) is 0. The molecule has 9 aliphatic carbocycles. The maximum Gasteiger partial charge on any atom is 0.0115 e. The fourth-order valence-electron chi connectivity index (χ4n) is 12.8. The van der Waals surface area contributed by atoms with Gasteiger partial charge >= 0.3 is 0 Å². The van der Waals surface area contributed by atoms with E-state index in [0.717, 1.165) is 96.8 Å².